The van der Waals surface area contributed by atoms with E-state index in [-0.39, 0.29) is 12.5 Å². The number of fused-ring (bicyclic) bond motifs is 2. The van der Waals surface area contributed by atoms with Gasteiger partial charge in [-0.05, 0) is 31.0 Å². The molecule has 0 saturated heterocycles. The summed E-state index contributed by atoms with van der Waals surface area (Å²) in [5.41, 5.74) is 2.85. The van der Waals surface area contributed by atoms with Crippen LogP contribution < -0.4 is 19.5 Å². The summed E-state index contributed by atoms with van der Waals surface area (Å²) in [6.45, 7) is 4.94. The molecule has 0 atom stereocenters. The zero-order valence-electron chi connectivity index (χ0n) is 14.5. The molecule has 0 spiro atoms. The van der Waals surface area contributed by atoms with E-state index in [0.29, 0.717) is 35.6 Å². The van der Waals surface area contributed by atoms with E-state index >= 15 is 0 Å². The van der Waals surface area contributed by atoms with E-state index in [1.165, 1.54) is 11.3 Å². The van der Waals surface area contributed by atoms with Crippen molar-refractivity contribution in [3.05, 3.63) is 41.5 Å². The number of nitrogens with one attached hydrogen (secondary N) is 1. The molecule has 0 saturated carbocycles. The molecule has 0 fully saturated rings. The van der Waals surface area contributed by atoms with Gasteiger partial charge in [-0.3, -0.25) is 10.1 Å². The highest BCUT2D eigenvalue weighted by Gasteiger charge is 2.16. The van der Waals surface area contributed by atoms with Crippen LogP contribution >= 0.6 is 11.3 Å². The number of rotatable bonds is 4. The first-order valence-corrected chi connectivity index (χ1v) is 9.10. The lowest BCUT2D eigenvalue weighted by Gasteiger charge is -2.17. The molecule has 1 amide bonds. The summed E-state index contributed by atoms with van der Waals surface area (Å²) in [6.07, 6.45) is 0. The highest BCUT2D eigenvalue weighted by molar-refractivity contribution is 7.22. The van der Waals surface area contributed by atoms with Crippen LogP contribution in [0.4, 0.5) is 5.13 Å². The number of carbonyl (C=O) groups is 1. The van der Waals surface area contributed by atoms with E-state index in [0.717, 1.165) is 21.3 Å². The molecule has 0 bridgehead atoms. The summed E-state index contributed by atoms with van der Waals surface area (Å²) in [7, 11) is 0. The second-order valence-electron chi connectivity index (χ2n) is 6.09. The molecule has 1 aliphatic heterocycles. The predicted octanol–water partition coefficient (Wildman–Crippen LogP) is 3.70. The third-order valence-electron chi connectivity index (χ3n) is 4.00. The Hall–Kier alpha value is -2.80. The number of nitrogens with zero attached hydrogens (tertiary/aromatic N) is 1. The van der Waals surface area contributed by atoms with Crippen LogP contribution in [0, 0.1) is 13.8 Å². The minimum absolute atomic E-state index is 0.0665. The van der Waals surface area contributed by atoms with Gasteiger partial charge in [0.15, 0.2) is 23.2 Å². The van der Waals surface area contributed by atoms with Gasteiger partial charge in [0.05, 0.1) is 10.2 Å². The fourth-order valence-electron chi connectivity index (χ4n) is 2.68. The van der Waals surface area contributed by atoms with Crippen molar-refractivity contribution in [2.24, 2.45) is 0 Å². The summed E-state index contributed by atoms with van der Waals surface area (Å²) in [6, 6.07) is 9.63. The van der Waals surface area contributed by atoms with Crippen molar-refractivity contribution in [1.82, 2.24) is 4.98 Å². The van der Waals surface area contributed by atoms with Gasteiger partial charge in [0.1, 0.15) is 19.0 Å². The van der Waals surface area contributed by atoms with Gasteiger partial charge < -0.3 is 14.2 Å². The fourth-order valence-corrected chi connectivity index (χ4v) is 3.57. The van der Waals surface area contributed by atoms with Gasteiger partial charge in [-0.15, -0.1) is 0 Å². The van der Waals surface area contributed by atoms with Crippen molar-refractivity contribution in [2.75, 3.05) is 25.1 Å². The van der Waals surface area contributed by atoms with E-state index in [4.69, 9.17) is 14.2 Å². The molecule has 3 aromatic rings. The second-order valence-corrected chi connectivity index (χ2v) is 7.12. The molecule has 26 heavy (non-hydrogen) atoms. The predicted molar refractivity (Wildman–Crippen MR) is 101 cm³/mol. The van der Waals surface area contributed by atoms with Gasteiger partial charge in [0.25, 0.3) is 5.91 Å². The number of hydrogen-bond donors (Lipinski definition) is 1. The topological polar surface area (TPSA) is 69.7 Å². The maximum Gasteiger partial charge on any atom is 0.264 e. The molecule has 6 nitrogen and oxygen atoms in total. The molecule has 2 heterocycles. The fraction of sp³-hybridized carbons (Fsp3) is 0.263. The maximum atomic E-state index is 12.2. The third kappa shape index (κ3) is 3.43. The quantitative estimate of drug-likeness (QED) is 0.758. The number of aryl methyl sites for hydroxylation is 2. The Kier molecular flexibility index (Phi) is 4.38. The van der Waals surface area contributed by atoms with Crippen molar-refractivity contribution >= 4 is 32.6 Å². The molecule has 7 heteroatoms. The van der Waals surface area contributed by atoms with E-state index < -0.39 is 0 Å². The van der Waals surface area contributed by atoms with Gasteiger partial charge in [0.2, 0.25) is 0 Å². The van der Waals surface area contributed by atoms with Gasteiger partial charge >= 0.3 is 0 Å². The van der Waals surface area contributed by atoms with Crippen LogP contribution in [0.25, 0.3) is 10.2 Å². The first kappa shape index (κ1) is 16.7. The maximum absolute atomic E-state index is 12.2. The zero-order valence-corrected chi connectivity index (χ0v) is 15.3. The first-order chi connectivity index (χ1) is 12.6. The Morgan fingerprint density at radius 3 is 2.77 bits per heavy atom. The minimum atomic E-state index is -0.248. The van der Waals surface area contributed by atoms with Crippen LogP contribution in [0.3, 0.4) is 0 Å². The van der Waals surface area contributed by atoms with Gasteiger partial charge in [-0.2, -0.15) is 0 Å². The summed E-state index contributed by atoms with van der Waals surface area (Å²) in [5, 5.41) is 3.31. The lowest BCUT2D eigenvalue weighted by molar-refractivity contribution is -0.118. The normalized spacial score (nSPS) is 12.8. The Bertz CT molecular complexity index is 940. The highest BCUT2D eigenvalue weighted by atomic mass is 32.1. The van der Waals surface area contributed by atoms with Crippen molar-refractivity contribution in [1.29, 1.82) is 0 Å². The lowest BCUT2D eigenvalue weighted by Crippen LogP contribution is -2.20. The molecular weight excluding hydrogens is 352 g/mol. The summed E-state index contributed by atoms with van der Waals surface area (Å²) >= 11 is 1.39. The number of anilines is 1. The standard InChI is InChI=1S/C19H18N2O4S/c1-11-3-4-12(2)14(7-11)25-10-18(22)21-19-20-13-8-15-16(9-17(13)26-19)24-6-5-23-15/h3-4,7-9H,5-6,10H2,1-2H3,(H,20,21,22). The Morgan fingerprint density at radius 1 is 1.19 bits per heavy atom. The molecule has 1 aromatic heterocycles. The monoisotopic (exact) mass is 370 g/mol. The van der Waals surface area contributed by atoms with Crippen LogP contribution in [-0.4, -0.2) is 30.7 Å². The summed E-state index contributed by atoms with van der Waals surface area (Å²) < 4.78 is 17.7. The second kappa shape index (κ2) is 6.84. The number of benzene rings is 2. The zero-order chi connectivity index (χ0) is 18.1. The number of aromatic nitrogens is 1. The van der Waals surface area contributed by atoms with Crippen LogP contribution in [0.5, 0.6) is 17.2 Å². The molecule has 134 valence electrons. The first-order valence-electron chi connectivity index (χ1n) is 8.28. The van der Waals surface area contributed by atoms with Gasteiger partial charge in [0, 0.05) is 12.1 Å². The molecular formula is C19H18N2O4S. The number of ether oxygens (including phenoxy) is 3. The SMILES string of the molecule is Cc1ccc(C)c(OCC(=O)Nc2nc3cc4c(cc3s2)OCCO4)c1. The van der Waals surface area contributed by atoms with E-state index in [2.05, 4.69) is 10.3 Å². The average molecular weight is 370 g/mol. The molecule has 2 aromatic carbocycles. The molecule has 1 aliphatic rings. The largest absolute Gasteiger partial charge is 0.486 e. The minimum Gasteiger partial charge on any atom is -0.486 e. The average Bonchev–Trinajstić information content (AvgIpc) is 3.01. The number of carbonyl (C=O) groups excluding carboxylic acids is 1. The van der Waals surface area contributed by atoms with Crippen molar-refractivity contribution in [3.8, 4) is 17.2 Å². The van der Waals surface area contributed by atoms with Crippen LogP contribution in [0.15, 0.2) is 30.3 Å². The summed E-state index contributed by atoms with van der Waals surface area (Å²) in [5.74, 6) is 1.86. The van der Waals surface area contributed by atoms with Gasteiger partial charge in [-0.25, -0.2) is 4.98 Å². The summed E-state index contributed by atoms with van der Waals surface area (Å²) in [4.78, 5) is 16.6. The highest BCUT2D eigenvalue weighted by Crippen LogP contribution is 2.37. The molecule has 1 N–H and O–H groups in total. The van der Waals surface area contributed by atoms with E-state index in [1.807, 2.05) is 44.2 Å². The molecule has 0 unspecified atom stereocenters. The molecule has 0 aliphatic carbocycles. The van der Waals surface area contributed by atoms with E-state index in [1.54, 1.807) is 0 Å². The van der Waals surface area contributed by atoms with Crippen molar-refractivity contribution in [3.63, 3.8) is 0 Å². The Balaban J connectivity index is 1.44. The number of thiazole rings is 1. The Morgan fingerprint density at radius 2 is 1.96 bits per heavy atom. The Labute approximate surface area is 154 Å². The smallest absolute Gasteiger partial charge is 0.264 e. The van der Waals surface area contributed by atoms with Gasteiger partial charge in [-0.1, -0.05) is 23.5 Å². The number of hydrogen-bond acceptors (Lipinski definition) is 6. The van der Waals surface area contributed by atoms with Crippen molar-refractivity contribution in [2.45, 2.75) is 13.8 Å². The molecule has 4 rings (SSSR count). The van der Waals surface area contributed by atoms with E-state index in [9.17, 15) is 4.79 Å². The van der Waals surface area contributed by atoms with Crippen LogP contribution in [-0.2, 0) is 4.79 Å². The third-order valence-corrected chi connectivity index (χ3v) is 4.93. The molecule has 0 radical (unpaired) electrons. The van der Waals surface area contributed by atoms with Crippen LogP contribution in [0.1, 0.15) is 11.1 Å². The van der Waals surface area contributed by atoms with Crippen LogP contribution in [0.2, 0.25) is 0 Å². The number of amides is 1. The van der Waals surface area contributed by atoms with Crippen molar-refractivity contribution < 1.29 is 19.0 Å². The lowest BCUT2D eigenvalue weighted by atomic mass is 10.1.